The standard InChI is InChI=1S/C38H59N3O12/c1-8-30-26(6)34(53-33(46)15-14-22(2)42)35(51-30)29-20-41(38(48)40-36(29)47)18-16-32(45)39-17-11-13-28(44)12-9-10-19-49-37-25(5)23(3)24(4)31(52-37)21-50-27(7)43/h20,23-26,30-31,34-35,37H,8-19,21H2,1-7H3,(H,39,45)(H,40,47,48)/t23?,24?,25?,26?,30-,31?,34+,35+,37?/m1/s1. The monoisotopic (exact) mass is 749 g/mol. The quantitative estimate of drug-likeness (QED) is 0.137. The fourth-order valence-corrected chi connectivity index (χ4v) is 6.79. The molecule has 0 aromatic carbocycles. The van der Waals surface area contributed by atoms with Gasteiger partial charge in [-0.25, -0.2) is 4.79 Å². The summed E-state index contributed by atoms with van der Waals surface area (Å²) in [7, 11) is 0. The molecule has 2 aliphatic rings. The van der Waals surface area contributed by atoms with E-state index in [1.807, 2.05) is 13.8 Å². The van der Waals surface area contributed by atoms with Gasteiger partial charge in [0.05, 0.1) is 24.2 Å². The zero-order valence-electron chi connectivity index (χ0n) is 32.3. The molecule has 0 bridgehead atoms. The first-order chi connectivity index (χ1) is 25.1. The molecule has 1 aromatic rings. The number of carbonyl (C=O) groups is 5. The number of ether oxygens (including phenoxy) is 5. The molecule has 0 aliphatic carbocycles. The number of aromatic nitrogens is 2. The van der Waals surface area contributed by atoms with Gasteiger partial charge in [0.1, 0.15) is 30.4 Å². The fraction of sp³-hybridized carbons (Fsp3) is 0.763. The Hall–Kier alpha value is -3.69. The number of hydrogen-bond acceptors (Lipinski definition) is 12. The van der Waals surface area contributed by atoms with Crippen LogP contribution < -0.4 is 16.6 Å². The van der Waals surface area contributed by atoms with Crippen molar-refractivity contribution in [2.75, 3.05) is 19.8 Å². The fourth-order valence-electron chi connectivity index (χ4n) is 6.79. The highest BCUT2D eigenvalue weighted by atomic mass is 16.7. The average Bonchev–Trinajstić information content (AvgIpc) is 3.41. The second kappa shape index (κ2) is 21.3. The number of rotatable bonds is 21. The Kier molecular flexibility index (Phi) is 17.5. The summed E-state index contributed by atoms with van der Waals surface area (Å²) >= 11 is 0. The van der Waals surface area contributed by atoms with Crippen LogP contribution in [-0.4, -0.2) is 83.3 Å². The van der Waals surface area contributed by atoms with Crippen LogP contribution in [-0.2, 0) is 54.2 Å². The van der Waals surface area contributed by atoms with Gasteiger partial charge in [-0.1, -0.05) is 34.6 Å². The van der Waals surface area contributed by atoms with Gasteiger partial charge < -0.3 is 33.8 Å². The lowest BCUT2D eigenvalue weighted by molar-refractivity contribution is -0.255. The van der Waals surface area contributed by atoms with Gasteiger partial charge in [0.2, 0.25) is 5.91 Å². The van der Waals surface area contributed by atoms with Gasteiger partial charge in [0, 0.05) is 70.3 Å². The van der Waals surface area contributed by atoms with Crippen molar-refractivity contribution in [1.29, 1.82) is 0 Å². The molecule has 3 heterocycles. The molecule has 1 aromatic heterocycles. The van der Waals surface area contributed by atoms with Gasteiger partial charge in [-0.2, -0.15) is 0 Å². The van der Waals surface area contributed by atoms with Crippen LogP contribution >= 0.6 is 0 Å². The predicted octanol–water partition coefficient (Wildman–Crippen LogP) is 3.54. The Morgan fingerprint density at radius 1 is 0.849 bits per heavy atom. The minimum Gasteiger partial charge on any atom is -0.463 e. The molecular formula is C38H59N3O12. The topological polar surface area (TPSA) is 198 Å². The Morgan fingerprint density at radius 3 is 2.25 bits per heavy atom. The Bertz CT molecular complexity index is 1520. The number of Topliss-reactive ketones (excluding diaryl/α,β-unsaturated/α-hetero) is 2. The lowest BCUT2D eigenvalue weighted by Crippen LogP contribution is -2.47. The molecule has 6 unspecified atom stereocenters. The highest BCUT2D eigenvalue weighted by molar-refractivity contribution is 5.81. The molecule has 3 rings (SSSR count). The van der Waals surface area contributed by atoms with Gasteiger partial charge in [-0.05, 0) is 44.4 Å². The SMILES string of the molecule is CC[C@H]1O[C@@H](c2cn(CCC(=O)NCCCC(=O)CCCCOC3OC(COC(C)=O)C(C)C(C)C3C)c(=O)[nH]c2=O)[C@@H](OC(=O)CCC(C)=O)C1C. The van der Waals surface area contributed by atoms with E-state index >= 15 is 0 Å². The van der Waals surface area contributed by atoms with Gasteiger partial charge in [-0.15, -0.1) is 0 Å². The third-order valence-corrected chi connectivity index (χ3v) is 10.5. The second-order valence-corrected chi connectivity index (χ2v) is 14.5. The molecule has 53 heavy (non-hydrogen) atoms. The largest absolute Gasteiger partial charge is 0.463 e. The third-order valence-electron chi connectivity index (χ3n) is 10.5. The number of amides is 1. The summed E-state index contributed by atoms with van der Waals surface area (Å²) in [5, 5.41) is 2.77. The molecule has 15 nitrogen and oxygen atoms in total. The summed E-state index contributed by atoms with van der Waals surface area (Å²) in [4.78, 5) is 87.8. The van der Waals surface area contributed by atoms with Crippen molar-refractivity contribution in [1.82, 2.24) is 14.9 Å². The minimum atomic E-state index is -0.930. The van der Waals surface area contributed by atoms with Gasteiger partial charge in [-0.3, -0.25) is 33.5 Å². The molecule has 2 aliphatic heterocycles. The van der Waals surface area contributed by atoms with Crippen LogP contribution in [0.4, 0.5) is 0 Å². The average molecular weight is 750 g/mol. The maximum Gasteiger partial charge on any atom is 0.328 e. The molecule has 1 amide bonds. The van der Waals surface area contributed by atoms with E-state index in [0.717, 1.165) is 0 Å². The third kappa shape index (κ3) is 13.3. The maximum atomic E-state index is 12.9. The Morgan fingerprint density at radius 2 is 1.57 bits per heavy atom. The second-order valence-electron chi connectivity index (χ2n) is 14.5. The highest BCUT2D eigenvalue weighted by Gasteiger charge is 2.45. The molecular weight excluding hydrogens is 690 g/mol. The first-order valence-corrected chi connectivity index (χ1v) is 19.0. The number of nitrogens with one attached hydrogen (secondary N) is 2. The van der Waals surface area contributed by atoms with Crippen LogP contribution in [0.25, 0.3) is 0 Å². The molecule has 15 heteroatoms. The maximum absolute atomic E-state index is 12.9. The Labute approximate surface area is 311 Å². The number of aryl methyl sites for hydroxylation is 1. The number of nitrogens with zero attached hydrogens (tertiary/aromatic N) is 1. The van der Waals surface area contributed by atoms with Crippen LogP contribution in [0, 0.1) is 23.7 Å². The minimum absolute atomic E-state index is 0.0204. The van der Waals surface area contributed by atoms with Crippen molar-refractivity contribution in [2.45, 2.75) is 144 Å². The number of ketones is 2. The summed E-state index contributed by atoms with van der Waals surface area (Å²) in [6, 6.07) is 0. The number of hydrogen-bond donors (Lipinski definition) is 2. The number of H-pyrrole nitrogens is 1. The van der Waals surface area contributed by atoms with Crippen molar-refractivity contribution < 1.29 is 47.7 Å². The lowest BCUT2D eigenvalue weighted by atomic mass is 9.79. The van der Waals surface area contributed by atoms with E-state index in [1.54, 1.807) is 0 Å². The van der Waals surface area contributed by atoms with Crippen LogP contribution in [0.2, 0.25) is 0 Å². The molecule has 298 valence electrons. The first kappa shape index (κ1) is 43.7. The van der Waals surface area contributed by atoms with E-state index in [2.05, 4.69) is 31.1 Å². The van der Waals surface area contributed by atoms with Gasteiger partial charge in [0.25, 0.3) is 5.56 Å². The smallest absolute Gasteiger partial charge is 0.328 e. The normalized spacial score (nSPS) is 26.9. The summed E-state index contributed by atoms with van der Waals surface area (Å²) in [6.45, 7) is 13.8. The molecule has 2 saturated heterocycles. The van der Waals surface area contributed by atoms with Crippen LogP contribution in [0.1, 0.15) is 118 Å². The van der Waals surface area contributed by atoms with E-state index in [0.29, 0.717) is 57.6 Å². The van der Waals surface area contributed by atoms with Gasteiger partial charge in [0.15, 0.2) is 6.29 Å². The lowest BCUT2D eigenvalue weighted by Gasteiger charge is -2.43. The van der Waals surface area contributed by atoms with Crippen molar-refractivity contribution in [2.24, 2.45) is 23.7 Å². The Balaban J connectivity index is 1.39. The van der Waals surface area contributed by atoms with Gasteiger partial charge >= 0.3 is 17.6 Å². The van der Waals surface area contributed by atoms with E-state index in [9.17, 15) is 33.6 Å². The number of unbranched alkanes of at least 4 members (excludes halogenated alkanes) is 1. The van der Waals surface area contributed by atoms with E-state index in [-0.39, 0.29) is 91.4 Å². The molecule has 2 N–H and O–H groups in total. The van der Waals surface area contributed by atoms with Crippen molar-refractivity contribution in [3.63, 3.8) is 0 Å². The number of aromatic amines is 1. The van der Waals surface area contributed by atoms with E-state index in [4.69, 9.17) is 23.7 Å². The summed E-state index contributed by atoms with van der Waals surface area (Å²) in [6.07, 6.45) is 1.74. The molecule has 0 saturated carbocycles. The molecule has 9 atom stereocenters. The predicted molar refractivity (Wildman–Crippen MR) is 193 cm³/mol. The molecule has 0 spiro atoms. The van der Waals surface area contributed by atoms with E-state index < -0.39 is 35.7 Å². The highest BCUT2D eigenvalue weighted by Crippen LogP contribution is 2.39. The van der Waals surface area contributed by atoms with Crippen LogP contribution in [0.15, 0.2) is 15.8 Å². The summed E-state index contributed by atoms with van der Waals surface area (Å²) in [5.74, 6) is -0.819. The molecule has 0 radical (unpaired) electrons. The first-order valence-electron chi connectivity index (χ1n) is 19.0. The van der Waals surface area contributed by atoms with E-state index in [1.165, 1.54) is 24.6 Å². The van der Waals surface area contributed by atoms with Crippen LogP contribution in [0.5, 0.6) is 0 Å². The molecule has 2 fully saturated rings. The van der Waals surface area contributed by atoms with Crippen LogP contribution in [0.3, 0.4) is 0 Å². The zero-order chi connectivity index (χ0) is 39.2. The van der Waals surface area contributed by atoms with Crippen molar-refractivity contribution in [3.8, 4) is 0 Å². The van der Waals surface area contributed by atoms with Crippen molar-refractivity contribution in [3.05, 3.63) is 32.6 Å². The van der Waals surface area contributed by atoms with Crippen molar-refractivity contribution >= 4 is 29.4 Å². The zero-order valence-corrected chi connectivity index (χ0v) is 32.3. The number of esters is 2. The summed E-state index contributed by atoms with van der Waals surface area (Å²) in [5.41, 5.74) is -1.26. The number of carbonyl (C=O) groups excluding carboxylic acids is 5. The summed E-state index contributed by atoms with van der Waals surface area (Å²) < 4.78 is 30.3.